The van der Waals surface area contributed by atoms with Crippen molar-refractivity contribution in [2.75, 3.05) is 27.1 Å². The highest BCUT2D eigenvalue weighted by atomic mass is 28.4. The maximum absolute atomic E-state index is 13.9. The zero-order valence-electron chi connectivity index (χ0n) is 39.6. The summed E-state index contributed by atoms with van der Waals surface area (Å²) in [6, 6.07) is 14.3. The maximum Gasteiger partial charge on any atom is 0.342 e. The molecule has 3 rings (SSSR count). The molecular weight excluding hydrogens is 809 g/mol. The van der Waals surface area contributed by atoms with Gasteiger partial charge in [-0.1, -0.05) is 103 Å². The highest BCUT2D eigenvalue weighted by Gasteiger charge is 2.46. The van der Waals surface area contributed by atoms with E-state index >= 15 is 0 Å². The topological polar surface area (TPSA) is 108 Å². The third kappa shape index (κ3) is 16.7. The van der Waals surface area contributed by atoms with Crippen molar-refractivity contribution in [2.45, 2.75) is 155 Å². The van der Waals surface area contributed by atoms with Crippen molar-refractivity contribution in [3.8, 4) is 11.5 Å². The number of ether oxygens (including phenoxy) is 7. The quantitative estimate of drug-likeness (QED) is 0.0491. The normalized spacial score (nSPS) is 19.0. The first kappa shape index (κ1) is 51.3. The molecule has 2 aromatic carbocycles. The molecule has 1 fully saturated rings. The Kier molecular flexibility index (Phi) is 18.7. The fourth-order valence-electron chi connectivity index (χ4n) is 6.10. The number of hydrogen-bond acceptors (Lipinski definition) is 10. The van der Waals surface area contributed by atoms with E-state index in [1.807, 2.05) is 56.3 Å². The maximum atomic E-state index is 13.9. The van der Waals surface area contributed by atoms with Crippen LogP contribution in [0.2, 0.25) is 69.5 Å². The average Bonchev–Trinajstić information content (AvgIpc) is 3.44. The molecule has 1 aliphatic rings. The molecule has 1 saturated heterocycles. The van der Waals surface area contributed by atoms with Gasteiger partial charge in [-0.15, -0.1) is 0 Å². The van der Waals surface area contributed by atoms with Crippen LogP contribution in [0.1, 0.15) is 81.2 Å². The third-order valence-corrected chi connectivity index (χ3v) is 18.9. The molecule has 5 atom stereocenters. The van der Waals surface area contributed by atoms with Gasteiger partial charge in [0.25, 0.3) is 0 Å². The Bertz CT molecular complexity index is 1740. The Morgan fingerprint density at radius 1 is 0.850 bits per heavy atom. The van der Waals surface area contributed by atoms with Gasteiger partial charge in [-0.25, -0.2) is 9.59 Å². The van der Waals surface area contributed by atoms with Gasteiger partial charge >= 0.3 is 11.9 Å². The third-order valence-electron chi connectivity index (χ3n) is 10.9. The monoisotopic (exact) mass is 884 g/mol. The summed E-state index contributed by atoms with van der Waals surface area (Å²) in [6.07, 6.45) is 6.15. The smallest absolute Gasteiger partial charge is 0.342 e. The van der Waals surface area contributed by atoms with Crippen LogP contribution < -0.4 is 9.47 Å². The molecule has 10 nitrogen and oxygen atoms in total. The summed E-state index contributed by atoms with van der Waals surface area (Å²) in [6.45, 7) is 33.6. The number of rotatable bonds is 22. The Labute approximate surface area is 364 Å². The van der Waals surface area contributed by atoms with Crippen LogP contribution in [-0.2, 0) is 28.1 Å². The number of esters is 2. The van der Waals surface area contributed by atoms with Gasteiger partial charge in [-0.3, -0.25) is 0 Å². The van der Waals surface area contributed by atoms with Crippen molar-refractivity contribution < 1.29 is 47.2 Å². The van der Waals surface area contributed by atoms with E-state index in [1.165, 1.54) is 7.11 Å². The van der Waals surface area contributed by atoms with Crippen molar-refractivity contribution in [1.29, 1.82) is 0 Å². The minimum absolute atomic E-state index is 0.0180. The highest BCUT2D eigenvalue weighted by Crippen LogP contribution is 2.39. The lowest BCUT2D eigenvalue weighted by Gasteiger charge is -2.39. The van der Waals surface area contributed by atoms with Crippen LogP contribution in [0.5, 0.6) is 11.5 Å². The molecule has 0 N–H and O–H groups in total. The molecule has 1 aliphatic heterocycles. The van der Waals surface area contributed by atoms with E-state index in [4.69, 9.17) is 37.6 Å². The molecule has 0 aromatic heterocycles. The first-order chi connectivity index (χ1) is 27.7. The summed E-state index contributed by atoms with van der Waals surface area (Å²) in [7, 11) is -3.34. The van der Waals surface area contributed by atoms with E-state index in [-0.39, 0.29) is 29.4 Å². The van der Waals surface area contributed by atoms with Crippen molar-refractivity contribution in [2.24, 2.45) is 5.92 Å². The number of carbonyl (C=O) groups is 2. The minimum atomic E-state index is -2.03. The predicted octanol–water partition coefficient (Wildman–Crippen LogP) is 11.6. The van der Waals surface area contributed by atoms with E-state index in [2.05, 4.69) is 93.1 Å². The minimum Gasteiger partial charge on any atom is -0.494 e. The van der Waals surface area contributed by atoms with Gasteiger partial charge in [-0.05, 0) is 93.2 Å². The van der Waals surface area contributed by atoms with E-state index in [9.17, 15) is 9.59 Å². The Balaban J connectivity index is 2.02. The van der Waals surface area contributed by atoms with E-state index in [0.29, 0.717) is 42.3 Å². The van der Waals surface area contributed by atoms with Crippen LogP contribution in [0.3, 0.4) is 0 Å². The molecule has 60 heavy (non-hydrogen) atoms. The zero-order chi connectivity index (χ0) is 45.1. The average molecular weight is 885 g/mol. The summed E-state index contributed by atoms with van der Waals surface area (Å²) in [5, 5.41) is 0.0645. The number of benzene rings is 2. The SMILES string of the molecule is COCOc1cc(OCC[Si](C)(C)C)cc(/C=C/C[C@@H]2OC(C)(C)OC2C(/C=C\[C@@H](C)[C@H](C)O[Si](C)(C)C(C)(C)C)OC(=O)c2ccccc2)c1C(=O)OCC[Si](C)(C)C. The van der Waals surface area contributed by atoms with Crippen LogP contribution in [0.15, 0.2) is 60.7 Å². The van der Waals surface area contributed by atoms with Crippen molar-refractivity contribution in [1.82, 2.24) is 0 Å². The van der Waals surface area contributed by atoms with Gasteiger partial charge in [0.1, 0.15) is 29.3 Å². The second-order valence-corrected chi connectivity index (χ2v) is 36.4. The molecule has 2 unspecified atom stereocenters. The lowest BCUT2D eigenvalue weighted by Crippen LogP contribution is -2.44. The molecule has 0 bridgehead atoms. The summed E-state index contributed by atoms with van der Waals surface area (Å²) in [5.41, 5.74) is 1.31. The van der Waals surface area contributed by atoms with Crippen LogP contribution >= 0.6 is 0 Å². The van der Waals surface area contributed by atoms with Gasteiger partial charge < -0.3 is 37.6 Å². The molecule has 336 valence electrons. The number of hydrogen-bond donors (Lipinski definition) is 0. The fraction of sp³-hybridized carbons (Fsp3) is 0.617. The van der Waals surface area contributed by atoms with Crippen LogP contribution in [0.25, 0.3) is 6.08 Å². The molecule has 0 spiro atoms. The van der Waals surface area contributed by atoms with Gasteiger partial charge in [0.05, 0.1) is 24.9 Å². The van der Waals surface area contributed by atoms with Gasteiger partial charge in [-0.2, -0.15) is 0 Å². The number of methoxy groups -OCH3 is 1. The zero-order valence-corrected chi connectivity index (χ0v) is 42.6. The Hall–Kier alpha value is -3.05. The molecule has 0 aliphatic carbocycles. The molecular formula is C47H76O10Si3. The van der Waals surface area contributed by atoms with Crippen molar-refractivity contribution in [3.05, 3.63) is 77.4 Å². The number of carbonyl (C=O) groups excluding carboxylic acids is 2. The van der Waals surface area contributed by atoms with Gasteiger partial charge in [0.15, 0.2) is 20.9 Å². The summed E-state index contributed by atoms with van der Waals surface area (Å²) >= 11 is 0. The molecule has 2 aromatic rings. The first-order valence-corrected chi connectivity index (χ1v) is 31.8. The van der Waals surface area contributed by atoms with E-state index in [0.717, 1.165) is 12.1 Å². The molecule has 13 heteroatoms. The Morgan fingerprint density at radius 3 is 2.08 bits per heavy atom. The van der Waals surface area contributed by atoms with Gasteiger partial charge in [0, 0.05) is 35.4 Å². The second-order valence-electron chi connectivity index (χ2n) is 20.4. The molecule has 0 radical (unpaired) electrons. The van der Waals surface area contributed by atoms with E-state index < -0.39 is 60.5 Å². The Morgan fingerprint density at radius 2 is 1.48 bits per heavy atom. The van der Waals surface area contributed by atoms with Crippen molar-refractivity contribution in [3.63, 3.8) is 0 Å². The predicted molar refractivity (Wildman–Crippen MR) is 250 cm³/mol. The van der Waals surface area contributed by atoms with E-state index in [1.54, 1.807) is 18.2 Å². The lowest BCUT2D eigenvalue weighted by molar-refractivity contribution is -0.152. The fourth-order valence-corrected chi connectivity index (χ4v) is 9.03. The van der Waals surface area contributed by atoms with Gasteiger partial charge in [0.2, 0.25) is 0 Å². The summed E-state index contributed by atoms with van der Waals surface area (Å²) < 4.78 is 49.4. The second kappa shape index (κ2) is 21.8. The standard InChI is InChI=1S/C47H76O10Si3/c1-34(35(2)57-60(15,16)46(3,4)5)25-26-39(54-44(48)36-21-18-17-19-22-36)43-40(55-47(6,7)56-43)24-20-23-37-31-38(51-27-29-58(9,10)11)32-41(53-33-50-8)42(37)45(49)52-28-30-59(12,13)14/h17-23,25-26,31-32,34-35,39-40,43H,24,27-30,33H2,1-16H3/b23-20+,26-25-/t34-,35+,39?,40+,43?/m1/s1. The first-order valence-electron chi connectivity index (χ1n) is 21.5. The molecule has 0 amide bonds. The van der Waals surface area contributed by atoms with Crippen molar-refractivity contribution >= 4 is 42.5 Å². The molecule has 0 saturated carbocycles. The van der Waals surface area contributed by atoms with Crippen LogP contribution in [-0.4, -0.2) is 93.7 Å². The highest BCUT2D eigenvalue weighted by molar-refractivity contribution is 6.76. The largest absolute Gasteiger partial charge is 0.494 e. The molecule has 1 heterocycles. The van der Waals surface area contributed by atoms with Crippen LogP contribution in [0.4, 0.5) is 0 Å². The van der Waals surface area contributed by atoms with Crippen LogP contribution in [0, 0.1) is 5.92 Å². The lowest BCUT2D eigenvalue weighted by atomic mass is 9.99. The summed E-state index contributed by atoms with van der Waals surface area (Å²) in [4.78, 5) is 27.5. The summed E-state index contributed by atoms with van der Waals surface area (Å²) in [5.74, 6) is -0.988.